The van der Waals surface area contributed by atoms with E-state index in [9.17, 15) is 0 Å². The molecule has 0 radical (unpaired) electrons. The van der Waals surface area contributed by atoms with Crippen molar-refractivity contribution in [3.63, 3.8) is 0 Å². The molecule has 2 atom stereocenters. The van der Waals surface area contributed by atoms with Crippen molar-refractivity contribution in [2.24, 2.45) is 11.3 Å². The maximum atomic E-state index is 8.79. The van der Waals surface area contributed by atoms with Crippen LogP contribution in [0.2, 0.25) is 0 Å². The second-order valence-electron chi connectivity index (χ2n) is 3.69. The van der Waals surface area contributed by atoms with E-state index in [-0.39, 0.29) is 0 Å². The van der Waals surface area contributed by atoms with Crippen LogP contribution in [0, 0.1) is 11.3 Å². The topological polar surface area (TPSA) is 20.2 Å². The van der Waals surface area contributed by atoms with Crippen molar-refractivity contribution in [1.29, 1.82) is 0 Å². The average Bonchev–Trinajstić information content (AvgIpc) is 2.44. The molecule has 0 aliphatic heterocycles. The molecule has 1 aliphatic rings. The molecule has 0 saturated heterocycles. The van der Waals surface area contributed by atoms with Gasteiger partial charge >= 0.3 is 0 Å². The van der Waals surface area contributed by atoms with E-state index in [4.69, 9.17) is 5.11 Å². The van der Waals surface area contributed by atoms with E-state index in [0.717, 1.165) is 12.3 Å². The monoisotopic (exact) mass is 142 g/mol. The van der Waals surface area contributed by atoms with Gasteiger partial charge in [0.05, 0.1) is 0 Å². The Morgan fingerprint density at radius 3 is 2.40 bits per heavy atom. The summed E-state index contributed by atoms with van der Waals surface area (Å²) in [5.41, 5.74) is 0.559. The van der Waals surface area contributed by atoms with Gasteiger partial charge < -0.3 is 5.11 Å². The average molecular weight is 142 g/mol. The zero-order valence-electron chi connectivity index (χ0n) is 7.06. The van der Waals surface area contributed by atoms with Crippen LogP contribution < -0.4 is 0 Å². The van der Waals surface area contributed by atoms with Gasteiger partial charge in [0.25, 0.3) is 0 Å². The Morgan fingerprint density at radius 1 is 1.50 bits per heavy atom. The number of aliphatic hydroxyl groups excluding tert-OH is 1. The molecule has 1 aliphatic carbocycles. The van der Waals surface area contributed by atoms with E-state index >= 15 is 0 Å². The second-order valence-corrected chi connectivity index (χ2v) is 3.69. The van der Waals surface area contributed by atoms with Crippen molar-refractivity contribution < 1.29 is 5.11 Å². The molecular weight excluding hydrogens is 124 g/mol. The van der Waals surface area contributed by atoms with Gasteiger partial charge in [-0.2, -0.15) is 0 Å². The summed E-state index contributed by atoms with van der Waals surface area (Å²) >= 11 is 0. The van der Waals surface area contributed by atoms with Crippen molar-refractivity contribution in [1.82, 2.24) is 0 Å². The molecule has 0 heterocycles. The third kappa shape index (κ3) is 1.34. The van der Waals surface area contributed by atoms with Gasteiger partial charge in [-0.1, -0.05) is 20.3 Å². The minimum atomic E-state index is 0.379. The maximum absolute atomic E-state index is 8.79. The van der Waals surface area contributed by atoms with Gasteiger partial charge in [-0.3, -0.25) is 0 Å². The van der Waals surface area contributed by atoms with Gasteiger partial charge in [0.2, 0.25) is 0 Å². The van der Waals surface area contributed by atoms with Gasteiger partial charge in [0, 0.05) is 6.61 Å². The third-order valence-corrected chi connectivity index (χ3v) is 2.96. The van der Waals surface area contributed by atoms with E-state index in [1.807, 2.05) is 0 Å². The SMILES string of the molecule is CCCC1(CCO)CC1C. The number of rotatable bonds is 4. The van der Waals surface area contributed by atoms with Crippen LogP contribution in [0.5, 0.6) is 0 Å². The van der Waals surface area contributed by atoms with Crippen LogP contribution in [0.25, 0.3) is 0 Å². The summed E-state index contributed by atoms with van der Waals surface area (Å²) < 4.78 is 0. The Labute approximate surface area is 63.4 Å². The molecule has 1 N–H and O–H groups in total. The van der Waals surface area contributed by atoms with E-state index in [1.54, 1.807) is 0 Å². The molecule has 0 amide bonds. The van der Waals surface area contributed by atoms with Crippen LogP contribution in [0.15, 0.2) is 0 Å². The summed E-state index contributed by atoms with van der Waals surface area (Å²) in [4.78, 5) is 0. The van der Waals surface area contributed by atoms with Crippen LogP contribution in [0.1, 0.15) is 39.5 Å². The predicted octanol–water partition coefficient (Wildman–Crippen LogP) is 2.20. The van der Waals surface area contributed by atoms with Crippen molar-refractivity contribution in [3.05, 3.63) is 0 Å². The fourth-order valence-corrected chi connectivity index (χ4v) is 2.09. The van der Waals surface area contributed by atoms with Gasteiger partial charge in [-0.05, 0) is 30.6 Å². The molecule has 0 aromatic carbocycles. The summed E-state index contributed by atoms with van der Waals surface area (Å²) in [6.45, 7) is 4.90. The highest BCUT2D eigenvalue weighted by atomic mass is 16.3. The standard InChI is InChI=1S/C9H18O/c1-3-4-9(5-6-10)7-8(9)2/h8,10H,3-7H2,1-2H3. The van der Waals surface area contributed by atoms with E-state index in [1.165, 1.54) is 19.3 Å². The molecule has 0 aromatic rings. The first kappa shape index (κ1) is 8.06. The van der Waals surface area contributed by atoms with E-state index in [2.05, 4.69) is 13.8 Å². The molecule has 1 fully saturated rings. The summed E-state index contributed by atoms with van der Waals surface area (Å²) in [5, 5.41) is 8.79. The second kappa shape index (κ2) is 2.91. The van der Waals surface area contributed by atoms with Crippen molar-refractivity contribution in [2.75, 3.05) is 6.61 Å². The summed E-state index contributed by atoms with van der Waals surface area (Å²) in [6, 6.07) is 0. The van der Waals surface area contributed by atoms with Crippen LogP contribution in [0.3, 0.4) is 0 Å². The molecule has 10 heavy (non-hydrogen) atoms. The van der Waals surface area contributed by atoms with Gasteiger partial charge in [-0.15, -0.1) is 0 Å². The molecule has 60 valence electrons. The minimum Gasteiger partial charge on any atom is -0.396 e. The highest BCUT2D eigenvalue weighted by Crippen LogP contribution is 2.57. The zero-order valence-corrected chi connectivity index (χ0v) is 7.06. The van der Waals surface area contributed by atoms with Crippen LogP contribution >= 0.6 is 0 Å². The zero-order chi connectivity index (χ0) is 7.61. The summed E-state index contributed by atoms with van der Waals surface area (Å²) in [5.74, 6) is 0.875. The Morgan fingerprint density at radius 2 is 2.10 bits per heavy atom. The van der Waals surface area contributed by atoms with Crippen LogP contribution in [-0.2, 0) is 0 Å². The first-order chi connectivity index (χ1) is 4.75. The Hall–Kier alpha value is -0.0400. The Kier molecular flexibility index (Phi) is 2.35. The minimum absolute atomic E-state index is 0.379. The van der Waals surface area contributed by atoms with Crippen molar-refractivity contribution in [3.8, 4) is 0 Å². The molecule has 0 aromatic heterocycles. The highest BCUT2D eigenvalue weighted by Gasteiger charge is 2.48. The quantitative estimate of drug-likeness (QED) is 0.638. The van der Waals surface area contributed by atoms with Crippen molar-refractivity contribution >= 4 is 0 Å². The predicted molar refractivity (Wildman–Crippen MR) is 42.8 cm³/mol. The first-order valence-electron chi connectivity index (χ1n) is 4.36. The first-order valence-corrected chi connectivity index (χ1v) is 4.36. The number of hydrogen-bond donors (Lipinski definition) is 1. The molecule has 1 nitrogen and oxygen atoms in total. The van der Waals surface area contributed by atoms with Gasteiger partial charge in [-0.25, -0.2) is 0 Å². The Bertz CT molecular complexity index is 103. The molecule has 1 heteroatoms. The Balaban J connectivity index is 2.31. The molecule has 2 unspecified atom stereocenters. The van der Waals surface area contributed by atoms with Crippen LogP contribution in [0.4, 0.5) is 0 Å². The molecular formula is C9H18O. The lowest BCUT2D eigenvalue weighted by Crippen LogP contribution is -2.05. The van der Waals surface area contributed by atoms with Gasteiger partial charge in [0.15, 0.2) is 0 Å². The normalized spacial score (nSPS) is 38.1. The van der Waals surface area contributed by atoms with Gasteiger partial charge in [0.1, 0.15) is 0 Å². The third-order valence-electron chi connectivity index (χ3n) is 2.96. The fraction of sp³-hybridized carbons (Fsp3) is 1.00. The van der Waals surface area contributed by atoms with Crippen LogP contribution in [-0.4, -0.2) is 11.7 Å². The molecule has 0 bridgehead atoms. The van der Waals surface area contributed by atoms with E-state index in [0.29, 0.717) is 12.0 Å². The highest BCUT2D eigenvalue weighted by molar-refractivity contribution is 4.98. The lowest BCUT2D eigenvalue weighted by atomic mass is 9.94. The number of hydrogen-bond acceptors (Lipinski definition) is 1. The smallest absolute Gasteiger partial charge is 0.0436 e. The number of aliphatic hydroxyl groups is 1. The summed E-state index contributed by atoms with van der Waals surface area (Å²) in [6.07, 6.45) is 4.96. The maximum Gasteiger partial charge on any atom is 0.0436 e. The van der Waals surface area contributed by atoms with E-state index < -0.39 is 0 Å². The lowest BCUT2D eigenvalue weighted by molar-refractivity contribution is 0.234. The largest absolute Gasteiger partial charge is 0.396 e. The fourth-order valence-electron chi connectivity index (χ4n) is 2.09. The molecule has 1 saturated carbocycles. The molecule has 0 spiro atoms. The summed E-state index contributed by atoms with van der Waals surface area (Å²) in [7, 11) is 0. The van der Waals surface area contributed by atoms with Crippen molar-refractivity contribution in [2.45, 2.75) is 39.5 Å². The lowest BCUT2D eigenvalue weighted by Gasteiger charge is -2.12. The molecule has 1 rings (SSSR count).